The van der Waals surface area contributed by atoms with E-state index >= 15 is 0 Å². The number of aliphatic hydroxyl groups is 1. The van der Waals surface area contributed by atoms with E-state index in [-0.39, 0.29) is 48.6 Å². The maximum atomic E-state index is 11.2. The van der Waals surface area contributed by atoms with Crippen LogP contribution in [0.4, 0.5) is 0 Å². The van der Waals surface area contributed by atoms with Gasteiger partial charge in [0.25, 0.3) is 0 Å². The first kappa shape index (κ1) is 27.3. The SMILES string of the molecule is C=C1C[C@H](CC)OC1CC[C@H]1C[C@@H](C)C(=C)C(C[C@@H]2O[C@H]3C[C@@H](C)[C@@H](CCC)O[C@H]3[C@H](C)[C@H]2O)O1. The molecule has 4 fully saturated rings. The molecule has 0 spiro atoms. The summed E-state index contributed by atoms with van der Waals surface area (Å²) >= 11 is 0. The van der Waals surface area contributed by atoms with Crippen LogP contribution in [0, 0.1) is 17.8 Å². The Morgan fingerprint density at radius 1 is 0.857 bits per heavy atom. The van der Waals surface area contributed by atoms with Crippen LogP contribution < -0.4 is 0 Å². The predicted molar refractivity (Wildman–Crippen MR) is 139 cm³/mol. The summed E-state index contributed by atoms with van der Waals surface area (Å²) < 4.78 is 25.8. The van der Waals surface area contributed by atoms with Gasteiger partial charge in [-0.15, -0.1) is 0 Å². The fraction of sp³-hybridized carbons (Fsp3) is 0.867. The second kappa shape index (κ2) is 11.8. The summed E-state index contributed by atoms with van der Waals surface area (Å²) in [4.78, 5) is 0. The Morgan fingerprint density at radius 2 is 1.60 bits per heavy atom. The van der Waals surface area contributed by atoms with E-state index in [0.29, 0.717) is 24.4 Å². The highest BCUT2D eigenvalue weighted by Crippen LogP contribution is 2.42. The van der Waals surface area contributed by atoms with Crippen molar-refractivity contribution in [1.82, 2.24) is 0 Å². The van der Waals surface area contributed by atoms with E-state index in [1.165, 1.54) is 5.57 Å². The van der Waals surface area contributed by atoms with Gasteiger partial charge < -0.3 is 24.1 Å². The fourth-order valence-corrected chi connectivity index (χ4v) is 6.83. The van der Waals surface area contributed by atoms with E-state index in [1.54, 1.807) is 0 Å². The minimum atomic E-state index is -0.555. The van der Waals surface area contributed by atoms with Gasteiger partial charge in [0.15, 0.2) is 0 Å². The van der Waals surface area contributed by atoms with Gasteiger partial charge in [-0.1, -0.05) is 54.2 Å². The van der Waals surface area contributed by atoms with Crippen LogP contribution in [0.5, 0.6) is 0 Å². The van der Waals surface area contributed by atoms with Crippen LogP contribution in [0.1, 0.15) is 92.4 Å². The van der Waals surface area contributed by atoms with Crippen LogP contribution >= 0.6 is 0 Å². The van der Waals surface area contributed by atoms with Crippen molar-refractivity contribution in [2.45, 2.75) is 147 Å². The third-order valence-corrected chi connectivity index (χ3v) is 9.27. The van der Waals surface area contributed by atoms with Crippen LogP contribution in [0.25, 0.3) is 0 Å². The third kappa shape index (κ3) is 6.06. The Bertz CT molecular complexity index is 736. The molecule has 0 aromatic carbocycles. The average Bonchev–Trinajstić information content (AvgIpc) is 3.19. The zero-order chi connectivity index (χ0) is 25.3. The first-order valence-corrected chi connectivity index (χ1v) is 14.4. The molecule has 0 radical (unpaired) electrons. The van der Waals surface area contributed by atoms with Crippen molar-refractivity contribution in [2.75, 3.05) is 0 Å². The Kier molecular flexibility index (Phi) is 9.19. The van der Waals surface area contributed by atoms with Crippen LogP contribution in [-0.4, -0.2) is 60.0 Å². The van der Waals surface area contributed by atoms with Crippen LogP contribution in [0.2, 0.25) is 0 Å². The van der Waals surface area contributed by atoms with Gasteiger partial charge in [-0.05, 0) is 67.9 Å². The van der Waals surface area contributed by atoms with Crippen LogP contribution in [-0.2, 0) is 18.9 Å². The predicted octanol–water partition coefficient (Wildman–Crippen LogP) is 5.99. The molecular formula is C30H50O5. The van der Waals surface area contributed by atoms with Crippen molar-refractivity contribution in [3.8, 4) is 0 Å². The average molecular weight is 491 g/mol. The maximum Gasteiger partial charge on any atom is 0.0891 e. The van der Waals surface area contributed by atoms with E-state index in [9.17, 15) is 5.11 Å². The lowest BCUT2D eigenvalue weighted by Gasteiger charge is -2.50. The molecule has 0 bridgehead atoms. The van der Waals surface area contributed by atoms with Gasteiger partial charge >= 0.3 is 0 Å². The zero-order valence-electron chi connectivity index (χ0n) is 22.8. The highest BCUT2D eigenvalue weighted by Gasteiger charge is 2.49. The number of hydrogen-bond donors (Lipinski definition) is 1. The van der Waals surface area contributed by atoms with Gasteiger partial charge in [0.1, 0.15) is 0 Å². The van der Waals surface area contributed by atoms with Crippen molar-refractivity contribution in [3.05, 3.63) is 24.3 Å². The molecule has 4 rings (SSSR count). The molecule has 0 amide bonds. The number of aliphatic hydroxyl groups excluding tert-OH is 1. The molecule has 4 aliphatic heterocycles. The van der Waals surface area contributed by atoms with Gasteiger partial charge in [0, 0.05) is 12.3 Å². The van der Waals surface area contributed by atoms with Crippen molar-refractivity contribution in [2.24, 2.45) is 17.8 Å². The molecular weight excluding hydrogens is 440 g/mol. The van der Waals surface area contributed by atoms with Crippen molar-refractivity contribution in [1.29, 1.82) is 0 Å². The summed E-state index contributed by atoms with van der Waals surface area (Å²) in [5.41, 5.74) is 2.37. The number of hydrogen-bond acceptors (Lipinski definition) is 5. The summed E-state index contributed by atoms with van der Waals surface area (Å²) in [7, 11) is 0. The fourth-order valence-electron chi connectivity index (χ4n) is 6.83. The summed E-state index contributed by atoms with van der Waals surface area (Å²) in [6.45, 7) is 19.7. The maximum absolute atomic E-state index is 11.2. The Labute approximate surface area is 213 Å². The van der Waals surface area contributed by atoms with Gasteiger partial charge in [-0.3, -0.25) is 0 Å². The number of fused-ring (bicyclic) bond motifs is 1. The molecule has 0 aromatic heterocycles. The van der Waals surface area contributed by atoms with E-state index in [2.05, 4.69) is 47.8 Å². The Hall–Kier alpha value is -0.720. The van der Waals surface area contributed by atoms with Gasteiger partial charge in [-0.2, -0.15) is 0 Å². The summed E-state index contributed by atoms with van der Waals surface area (Å²) in [5, 5.41) is 11.2. The lowest BCUT2D eigenvalue weighted by molar-refractivity contribution is -0.259. The van der Waals surface area contributed by atoms with Gasteiger partial charge in [0.05, 0.1) is 54.9 Å². The molecule has 2 unspecified atom stereocenters. The molecule has 12 atom stereocenters. The van der Waals surface area contributed by atoms with Crippen LogP contribution in [0.3, 0.4) is 0 Å². The largest absolute Gasteiger partial charge is 0.390 e. The lowest BCUT2D eigenvalue weighted by atomic mass is 9.78. The molecule has 0 aromatic rings. The molecule has 35 heavy (non-hydrogen) atoms. The second-order valence-corrected chi connectivity index (χ2v) is 12.0. The number of rotatable bonds is 8. The second-order valence-electron chi connectivity index (χ2n) is 12.0. The molecule has 4 heterocycles. The highest BCUT2D eigenvalue weighted by atomic mass is 16.6. The smallest absolute Gasteiger partial charge is 0.0891 e. The molecule has 1 N–H and O–H groups in total. The van der Waals surface area contributed by atoms with E-state index < -0.39 is 6.10 Å². The van der Waals surface area contributed by atoms with Gasteiger partial charge in [-0.25, -0.2) is 0 Å². The molecule has 5 nitrogen and oxygen atoms in total. The summed E-state index contributed by atoms with van der Waals surface area (Å²) in [6.07, 6.45) is 8.86. The van der Waals surface area contributed by atoms with Crippen molar-refractivity contribution in [3.63, 3.8) is 0 Å². The molecule has 4 aliphatic rings. The molecule has 5 heteroatoms. The highest BCUT2D eigenvalue weighted by molar-refractivity contribution is 5.13. The molecule has 200 valence electrons. The molecule has 0 aliphatic carbocycles. The standard InChI is InChI=1S/C30H50O5/c1-8-10-24-19(5)15-28-30(35-24)21(7)29(31)27(34-28)16-26-20(6)17(3)13-23(33-26)11-12-25-18(4)14-22(9-2)32-25/h17,19,21-31H,4,6,8-16H2,1-3,5,7H3/t17-,19-,21-,22+,23+,24-,25?,26?,27+,28+,29-,30+/m1/s1. The Balaban J connectivity index is 1.35. The van der Waals surface area contributed by atoms with Crippen LogP contribution in [0.15, 0.2) is 24.3 Å². The van der Waals surface area contributed by atoms with E-state index in [1.807, 2.05) is 0 Å². The third-order valence-electron chi connectivity index (χ3n) is 9.27. The normalized spacial score (nSPS) is 46.6. The summed E-state index contributed by atoms with van der Waals surface area (Å²) in [6, 6.07) is 0. The first-order valence-electron chi connectivity index (χ1n) is 14.4. The van der Waals surface area contributed by atoms with Crippen molar-refractivity contribution < 1.29 is 24.1 Å². The summed E-state index contributed by atoms with van der Waals surface area (Å²) in [5.74, 6) is 0.922. The topological polar surface area (TPSA) is 57.2 Å². The lowest BCUT2D eigenvalue weighted by Crippen LogP contribution is -2.59. The zero-order valence-corrected chi connectivity index (χ0v) is 22.8. The Morgan fingerprint density at radius 3 is 2.29 bits per heavy atom. The quantitative estimate of drug-likeness (QED) is 0.424. The van der Waals surface area contributed by atoms with E-state index in [4.69, 9.17) is 18.9 Å². The number of ether oxygens (including phenoxy) is 4. The first-order chi connectivity index (χ1) is 16.7. The molecule has 0 saturated carbocycles. The monoisotopic (exact) mass is 490 g/mol. The minimum Gasteiger partial charge on any atom is -0.390 e. The van der Waals surface area contributed by atoms with Gasteiger partial charge in [0.2, 0.25) is 0 Å². The minimum absolute atomic E-state index is 0.0254. The van der Waals surface area contributed by atoms with Crippen molar-refractivity contribution >= 4 is 0 Å². The van der Waals surface area contributed by atoms with E-state index in [0.717, 1.165) is 56.9 Å². The molecule has 4 saturated heterocycles.